The number of likely N-dealkylation sites (N-methyl/N-ethyl adjacent to an activating group) is 1. The van der Waals surface area contributed by atoms with Crippen molar-refractivity contribution in [2.75, 3.05) is 20.3 Å². The van der Waals surface area contributed by atoms with Crippen molar-refractivity contribution in [1.29, 1.82) is 0 Å². The zero-order chi connectivity index (χ0) is 17.0. The molecule has 1 fully saturated rings. The predicted octanol–water partition coefficient (Wildman–Crippen LogP) is 3.53. The summed E-state index contributed by atoms with van der Waals surface area (Å²) in [5.74, 6) is 3.10. The first-order chi connectivity index (χ1) is 11.0. The Balaban J connectivity index is 2.39. The Hall–Kier alpha value is -1.91. The number of carbonyl (C=O) groups excluding carboxylic acids is 2. The molecule has 1 saturated heterocycles. The highest BCUT2D eigenvalue weighted by Crippen LogP contribution is 2.39. The number of terminal acetylenes is 1. The van der Waals surface area contributed by atoms with Gasteiger partial charge in [-0.15, -0.1) is 6.42 Å². The van der Waals surface area contributed by atoms with Crippen molar-refractivity contribution in [1.82, 2.24) is 4.90 Å². The van der Waals surface area contributed by atoms with E-state index in [9.17, 15) is 9.59 Å². The zero-order valence-corrected chi connectivity index (χ0v) is 15.0. The summed E-state index contributed by atoms with van der Waals surface area (Å²) in [6.45, 7) is 2.43. The predicted molar refractivity (Wildman–Crippen MR) is 93.4 cm³/mol. The van der Waals surface area contributed by atoms with Gasteiger partial charge in [0.05, 0.1) is 16.0 Å². The van der Waals surface area contributed by atoms with E-state index in [1.165, 1.54) is 7.05 Å². The van der Waals surface area contributed by atoms with Crippen LogP contribution >= 0.6 is 27.7 Å². The van der Waals surface area contributed by atoms with Crippen molar-refractivity contribution >= 4 is 44.9 Å². The maximum atomic E-state index is 12.0. The van der Waals surface area contributed by atoms with E-state index in [-0.39, 0.29) is 17.8 Å². The van der Waals surface area contributed by atoms with E-state index in [0.29, 0.717) is 33.0 Å². The topological polar surface area (TPSA) is 55.8 Å². The van der Waals surface area contributed by atoms with Gasteiger partial charge < -0.3 is 9.47 Å². The molecule has 23 heavy (non-hydrogen) atoms. The van der Waals surface area contributed by atoms with Crippen LogP contribution in [0, 0.1) is 12.3 Å². The minimum atomic E-state index is -0.318. The fourth-order valence-corrected chi connectivity index (χ4v) is 3.29. The number of thioether (sulfide) groups is 1. The molecule has 1 heterocycles. The molecule has 120 valence electrons. The Kier molecular flexibility index (Phi) is 5.74. The third-order valence-corrected chi connectivity index (χ3v) is 4.47. The van der Waals surface area contributed by atoms with Crippen molar-refractivity contribution in [2.24, 2.45) is 0 Å². The van der Waals surface area contributed by atoms with Gasteiger partial charge >= 0.3 is 0 Å². The Morgan fingerprint density at radius 1 is 1.39 bits per heavy atom. The molecule has 0 aliphatic carbocycles. The van der Waals surface area contributed by atoms with Gasteiger partial charge in [0.15, 0.2) is 11.5 Å². The Labute approximate surface area is 147 Å². The number of benzene rings is 1. The van der Waals surface area contributed by atoms with Crippen LogP contribution in [0.15, 0.2) is 21.5 Å². The Morgan fingerprint density at radius 3 is 2.70 bits per heavy atom. The number of halogens is 1. The van der Waals surface area contributed by atoms with Crippen LogP contribution in [0.3, 0.4) is 0 Å². The van der Waals surface area contributed by atoms with Crippen LogP contribution in [-0.4, -0.2) is 36.3 Å². The third kappa shape index (κ3) is 3.89. The number of hydrogen-bond acceptors (Lipinski definition) is 5. The molecule has 0 bridgehead atoms. The first-order valence-corrected chi connectivity index (χ1v) is 8.33. The normalized spacial score (nSPS) is 15.9. The average molecular weight is 396 g/mol. The summed E-state index contributed by atoms with van der Waals surface area (Å²) in [7, 11) is 1.46. The number of nitrogens with zero attached hydrogens (tertiary/aromatic N) is 1. The van der Waals surface area contributed by atoms with Gasteiger partial charge in [0.1, 0.15) is 6.61 Å². The molecule has 0 saturated carbocycles. The summed E-state index contributed by atoms with van der Waals surface area (Å²) in [6.07, 6.45) is 6.86. The second-order valence-corrected chi connectivity index (χ2v) is 6.34. The highest BCUT2D eigenvalue weighted by atomic mass is 79.9. The van der Waals surface area contributed by atoms with Crippen molar-refractivity contribution in [3.63, 3.8) is 0 Å². The summed E-state index contributed by atoms with van der Waals surface area (Å²) in [4.78, 5) is 24.9. The van der Waals surface area contributed by atoms with E-state index in [1.54, 1.807) is 18.2 Å². The molecule has 2 amide bonds. The van der Waals surface area contributed by atoms with Gasteiger partial charge in [-0.3, -0.25) is 14.5 Å². The zero-order valence-electron chi connectivity index (χ0n) is 12.6. The molecule has 1 aromatic carbocycles. The SMILES string of the molecule is C#CCOc1c(Br)cc(/C=C2\SC(=O)N(C)C2=O)cc1OCC. The fraction of sp³-hybridized carbons (Fsp3) is 0.250. The molecule has 0 radical (unpaired) electrons. The van der Waals surface area contributed by atoms with E-state index in [0.717, 1.165) is 16.7 Å². The molecule has 0 aromatic heterocycles. The molecule has 0 N–H and O–H groups in total. The largest absolute Gasteiger partial charge is 0.490 e. The van der Waals surface area contributed by atoms with Gasteiger partial charge in [-0.25, -0.2) is 0 Å². The van der Waals surface area contributed by atoms with Crippen LogP contribution in [0.25, 0.3) is 6.08 Å². The van der Waals surface area contributed by atoms with Crippen molar-refractivity contribution in [2.45, 2.75) is 6.92 Å². The number of amides is 2. The van der Waals surface area contributed by atoms with Gasteiger partial charge in [0.25, 0.3) is 11.1 Å². The molecule has 7 heteroatoms. The smallest absolute Gasteiger partial charge is 0.293 e. The van der Waals surface area contributed by atoms with Gasteiger partial charge in [0, 0.05) is 7.05 Å². The highest BCUT2D eigenvalue weighted by molar-refractivity contribution is 9.10. The fourth-order valence-electron chi connectivity index (χ4n) is 1.89. The first-order valence-electron chi connectivity index (χ1n) is 6.72. The number of imide groups is 1. The monoisotopic (exact) mass is 395 g/mol. The molecular weight excluding hydrogens is 382 g/mol. The minimum absolute atomic E-state index is 0.118. The van der Waals surface area contributed by atoms with Gasteiger partial charge in [-0.05, 0) is 58.4 Å². The summed E-state index contributed by atoms with van der Waals surface area (Å²) < 4.78 is 11.7. The van der Waals surface area contributed by atoms with Crippen molar-refractivity contribution in [3.8, 4) is 23.8 Å². The Bertz CT molecular complexity index is 724. The third-order valence-electron chi connectivity index (χ3n) is 2.92. The average Bonchev–Trinajstić information content (AvgIpc) is 2.74. The Morgan fingerprint density at radius 2 is 2.13 bits per heavy atom. The highest BCUT2D eigenvalue weighted by Gasteiger charge is 2.31. The summed E-state index contributed by atoms with van der Waals surface area (Å²) in [5, 5.41) is -0.292. The number of hydrogen-bond donors (Lipinski definition) is 0. The lowest BCUT2D eigenvalue weighted by molar-refractivity contribution is -0.121. The van der Waals surface area contributed by atoms with Crippen LogP contribution < -0.4 is 9.47 Å². The molecule has 1 aliphatic heterocycles. The lowest BCUT2D eigenvalue weighted by Crippen LogP contribution is -2.22. The van der Waals surface area contributed by atoms with Crippen LogP contribution in [0.2, 0.25) is 0 Å². The van der Waals surface area contributed by atoms with Gasteiger partial charge in [-0.1, -0.05) is 5.92 Å². The van der Waals surface area contributed by atoms with Gasteiger partial charge in [-0.2, -0.15) is 0 Å². The van der Waals surface area contributed by atoms with Crippen molar-refractivity contribution < 1.29 is 19.1 Å². The van der Waals surface area contributed by atoms with E-state index < -0.39 is 0 Å². The lowest BCUT2D eigenvalue weighted by atomic mass is 10.2. The molecule has 0 unspecified atom stereocenters. The number of carbonyl (C=O) groups is 2. The van der Waals surface area contributed by atoms with Crippen LogP contribution in [-0.2, 0) is 4.79 Å². The second-order valence-electron chi connectivity index (χ2n) is 4.50. The molecule has 2 rings (SSSR count). The molecule has 0 atom stereocenters. The molecule has 5 nitrogen and oxygen atoms in total. The van der Waals surface area contributed by atoms with E-state index >= 15 is 0 Å². The molecular formula is C16H14BrNO4S. The quantitative estimate of drug-likeness (QED) is 0.563. The summed E-state index contributed by atoms with van der Waals surface area (Å²) in [6, 6.07) is 3.52. The van der Waals surface area contributed by atoms with E-state index in [2.05, 4.69) is 21.9 Å². The minimum Gasteiger partial charge on any atom is -0.490 e. The lowest BCUT2D eigenvalue weighted by Gasteiger charge is -2.13. The number of rotatable bonds is 5. The summed E-state index contributed by atoms with van der Waals surface area (Å²) >= 11 is 4.32. The van der Waals surface area contributed by atoms with E-state index in [4.69, 9.17) is 15.9 Å². The standard InChI is InChI=1S/C16H14BrNO4S/c1-4-6-22-14-11(17)7-10(8-12(14)21-5-2)9-13-15(19)18(3)16(20)23-13/h1,7-9H,5-6H2,2-3H3/b13-9-. The van der Waals surface area contributed by atoms with Crippen LogP contribution in [0.1, 0.15) is 12.5 Å². The maximum absolute atomic E-state index is 12.0. The van der Waals surface area contributed by atoms with Crippen LogP contribution in [0.4, 0.5) is 4.79 Å². The molecule has 1 aliphatic rings. The van der Waals surface area contributed by atoms with Crippen LogP contribution in [0.5, 0.6) is 11.5 Å². The van der Waals surface area contributed by atoms with Gasteiger partial charge in [0.2, 0.25) is 0 Å². The second kappa shape index (κ2) is 7.57. The van der Waals surface area contributed by atoms with E-state index in [1.807, 2.05) is 6.92 Å². The molecule has 1 aromatic rings. The number of ether oxygens (including phenoxy) is 2. The maximum Gasteiger partial charge on any atom is 0.293 e. The van der Waals surface area contributed by atoms with Crippen molar-refractivity contribution in [3.05, 3.63) is 27.1 Å². The molecule has 0 spiro atoms. The summed E-state index contributed by atoms with van der Waals surface area (Å²) in [5.41, 5.74) is 0.715. The first kappa shape index (κ1) is 17.4.